The number of pyridine rings is 1. The maximum absolute atomic E-state index is 12.5. The van der Waals surface area contributed by atoms with E-state index in [4.69, 9.17) is 0 Å². The summed E-state index contributed by atoms with van der Waals surface area (Å²) < 4.78 is 39.4. The minimum absolute atomic E-state index is 0.0822. The normalized spacial score (nSPS) is 16.3. The van der Waals surface area contributed by atoms with Crippen LogP contribution in [0.1, 0.15) is 48.9 Å². The summed E-state index contributed by atoms with van der Waals surface area (Å²) in [4.78, 5) is 6.22. The van der Waals surface area contributed by atoms with Crippen LogP contribution in [0.3, 0.4) is 0 Å². The Hall–Kier alpha value is -2.94. The van der Waals surface area contributed by atoms with E-state index in [1.54, 1.807) is 10.8 Å². The lowest BCUT2D eigenvalue weighted by atomic mass is 9.89. The predicted octanol–water partition coefficient (Wildman–Crippen LogP) is 5.28. The van der Waals surface area contributed by atoms with Crippen LogP contribution in [-0.2, 0) is 6.42 Å². The number of aromatic nitrogens is 5. The monoisotopic (exact) mass is 456 g/mol. The first-order chi connectivity index (χ1) is 15.8. The van der Waals surface area contributed by atoms with Crippen LogP contribution in [0.15, 0.2) is 30.7 Å². The molecule has 1 aliphatic rings. The number of nitrogens with one attached hydrogen (secondary N) is 1. The number of benzene rings is 1. The van der Waals surface area contributed by atoms with Crippen LogP contribution >= 0.6 is 0 Å². The van der Waals surface area contributed by atoms with Gasteiger partial charge in [0.05, 0.1) is 11.9 Å². The molecule has 1 aliphatic heterocycles. The van der Waals surface area contributed by atoms with Gasteiger partial charge in [-0.1, -0.05) is 6.92 Å². The zero-order valence-electron chi connectivity index (χ0n) is 18.8. The Morgan fingerprint density at radius 1 is 1.15 bits per heavy atom. The molecule has 0 aliphatic carbocycles. The van der Waals surface area contributed by atoms with Crippen molar-refractivity contribution in [2.45, 2.75) is 51.6 Å². The molecule has 0 bridgehead atoms. The summed E-state index contributed by atoms with van der Waals surface area (Å²) >= 11 is 0. The maximum atomic E-state index is 12.5. The molecule has 174 valence electrons. The van der Waals surface area contributed by atoms with Crippen molar-refractivity contribution in [3.63, 3.8) is 0 Å². The minimum Gasteiger partial charge on any atom is -0.303 e. The number of fused-ring (bicyclic) bond motifs is 2. The Morgan fingerprint density at radius 2 is 1.94 bits per heavy atom. The molecule has 0 amide bonds. The summed E-state index contributed by atoms with van der Waals surface area (Å²) in [6, 6.07) is 6.49. The van der Waals surface area contributed by atoms with E-state index in [1.807, 2.05) is 18.0 Å². The Morgan fingerprint density at radius 3 is 2.67 bits per heavy atom. The smallest absolute Gasteiger partial charge is 0.303 e. The van der Waals surface area contributed by atoms with Gasteiger partial charge in [-0.2, -0.15) is 23.4 Å². The van der Waals surface area contributed by atoms with Gasteiger partial charge in [0.15, 0.2) is 5.65 Å². The number of rotatable bonds is 5. The second-order valence-corrected chi connectivity index (χ2v) is 8.94. The summed E-state index contributed by atoms with van der Waals surface area (Å²) in [5, 5.41) is 13.3. The molecule has 6 nitrogen and oxygen atoms in total. The summed E-state index contributed by atoms with van der Waals surface area (Å²) in [6.07, 6.45) is 1.26. The van der Waals surface area contributed by atoms with E-state index in [9.17, 15) is 13.2 Å². The minimum atomic E-state index is -4.10. The van der Waals surface area contributed by atoms with Crippen molar-refractivity contribution < 1.29 is 13.2 Å². The third-order valence-corrected chi connectivity index (χ3v) is 6.77. The molecule has 0 saturated carbocycles. The lowest BCUT2D eigenvalue weighted by molar-refractivity contribution is -0.138. The van der Waals surface area contributed by atoms with Gasteiger partial charge in [-0.25, -0.2) is 9.50 Å². The third kappa shape index (κ3) is 4.34. The van der Waals surface area contributed by atoms with E-state index < -0.39 is 12.6 Å². The second kappa shape index (κ2) is 8.44. The fraction of sp³-hybridized carbons (Fsp3) is 0.458. The Labute approximate surface area is 189 Å². The zero-order chi connectivity index (χ0) is 23.2. The van der Waals surface area contributed by atoms with Crippen LogP contribution in [0.5, 0.6) is 0 Å². The van der Waals surface area contributed by atoms with Crippen LogP contribution in [0.4, 0.5) is 13.2 Å². The number of H-pyrrole nitrogens is 1. The topological polar surface area (TPSA) is 62.1 Å². The van der Waals surface area contributed by atoms with E-state index in [-0.39, 0.29) is 12.5 Å². The van der Waals surface area contributed by atoms with Gasteiger partial charge in [-0.15, -0.1) is 0 Å². The standard InChI is InChI=1S/C24H27F3N6/c1-3-16-11-20-21(12-19(16)18-10-15(2)23-28-14-29-33(23)13-18)30-31-22(20)17-4-7-32(8-5-17)9-6-24(25,26)27/h10-14,17H,3-9H2,1-2H3,(H,30,31). The summed E-state index contributed by atoms with van der Waals surface area (Å²) in [7, 11) is 0. The molecule has 3 aromatic heterocycles. The first-order valence-electron chi connectivity index (χ1n) is 11.4. The molecule has 0 radical (unpaired) electrons. The van der Waals surface area contributed by atoms with Gasteiger partial charge in [0, 0.05) is 35.3 Å². The van der Waals surface area contributed by atoms with Crippen molar-refractivity contribution in [2.75, 3.05) is 19.6 Å². The molecule has 1 N–H and O–H groups in total. The number of piperidine rings is 1. The first kappa shape index (κ1) is 21.9. The Balaban J connectivity index is 1.41. The molecule has 1 aromatic carbocycles. The van der Waals surface area contributed by atoms with Gasteiger partial charge < -0.3 is 4.90 Å². The van der Waals surface area contributed by atoms with Gasteiger partial charge in [-0.05, 0) is 74.2 Å². The predicted molar refractivity (Wildman–Crippen MR) is 121 cm³/mol. The van der Waals surface area contributed by atoms with Gasteiger partial charge in [-0.3, -0.25) is 5.10 Å². The average molecular weight is 457 g/mol. The van der Waals surface area contributed by atoms with E-state index in [0.717, 1.165) is 58.2 Å². The highest BCUT2D eigenvalue weighted by Crippen LogP contribution is 2.36. The third-order valence-electron chi connectivity index (χ3n) is 6.77. The summed E-state index contributed by atoms with van der Waals surface area (Å²) in [6.45, 7) is 5.61. The van der Waals surface area contributed by atoms with Crippen LogP contribution in [0.2, 0.25) is 0 Å². The molecule has 4 aromatic rings. The molecule has 4 heterocycles. The Bertz CT molecular complexity index is 1280. The molecule has 0 spiro atoms. The van der Waals surface area contributed by atoms with Crippen molar-refractivity contribution in [1.82, 2.24) is 29.7 Å². The lowest BCUT2D eigenvalue weighted by Gasteiger charge is -2.31. The van der Waals surface area contributed by atoms with Crippen LogP contribution in [-0.4, -0.2) is 55.5 Å². The SMILES string of the molecule is CCc1cc2c(C3CCN(CCC(F)(F)F)CC3)[nH]nc2cc1-c1cc(C)c2ncnn2c1. The number of hydrogen-bond acceptors (Lipinski definition) is 4. The summed E-state index contributed by atoms with van der Waals surface area (Å²) in [5.41, 5.74) is 7.36. The summed E-state index contributed by atoms with van der Waals surface area (Å²) in [5.74, 6) is 0.279. The van der Waals surface area contributed by atoms with Crippen molar-refractivity contribution in [1.29, 1.82) is 0 Å². The average Bonchev–Trinajstić information content (AvgIpc) is 3.43. The molecule has 1 fully saturated rings. The number of nitrogens with zero attached hydrogens (tertiary/aromatic N) is 5. The molecule has 1 saturated heterocycles. The largest absolute Gasteiger partial charge is 0.390 e. The van der Waals surface area contributed by atoms with E-state index in [1.165, 1.54) is 5.56 Å². The maximum Gasteiger partial charge on any atom is 0.390 e. The van der Waals surface area contributed by atoms with Gasteiger partial charge >= 0.3 is 6.18 Å². The highest BCUT2D eigenvalue weighted by atomic mass is 19.4. The van der Waals surface area contributed by atoms with Crippen LogP contribution < -0.4 is 0 Å². The molecule has 5 rings (SSSR count). The van der Waals surface area contributed by atoms with E-state index >= 15 is 0 Å². The van der Waals surface area contributed by atoms with Crippen molar-refractivity contribution in [2.24, 2.45) is 0 Å². The lowest BCUT2D eigenvalue weighted by Crippen LogP contribution is -2.35. The molecular weight excluding hydrogens is 429 g/mol. The number of halogens is 3. The number of hydrogen-bond donors (Lipinski definition) is 1. The fourth-order valence-electron chi connectivity index (χ4n) is 4.97. The van der Waals surface area contributed by atoms with E-state index in [0.29, 0.717) is 13.1 Å². The van der Waals surface area contributed by atoms with Crippen LogP contribution in [0, 0.1) is 6.92 Å². The van der Waals surface area contributed by atoms with E-state index in [2.05, 4.69) is 45.4 Å². The molecule has 9 heteroatoms. The highest BCUT2D eigenvalue weighted by Gasteiger charge is 2.30. The van der Waals surface area contributed by atoms with Crippen molar-refractivity contribution in [3.8, 4) is 11.1 Å². The zero-order valence-corrected chi connectivity index (χ0v) is 18.8. The molecular formula is C24H27F3N6. The number of aryl methyl sites for hydroxylation is 2. The highest BCUT2D eigenvalue weighted by molar-refractivity contribution is 5.88. The Kier molecular flexibility index (Phi) is 5.60. The van der Waals surface area contributed by atoms with Crippen molar-refractivity contribution in [3.05, 3.63) is 47.5 Å². The number of aromatic amines is 1. The van der Waals surface area contributed by atoms with Crippen LogP contribution in [0.25, 0.3) is 27.7 Å². The quantitative estimate of drug-likeness (QED) is 0.444. The molecule has 0 unspecified atom stereocenters. The first-order valence-corrected chi connectivity index (χ1v) is 11.4. The molecule has 33 heavy (non-hydrogen) atoms. The molecule has 0 atom stereocenters. The van der Waals surface area contributed by atoms with Crippen molar-refractivity contribution >= 4 is 16.6 Å². The van der Waals surface area contributed by atoms with Gasteiger partial charge in [0.25, 0.3) is 0 Å². The fourth-order valence-corrected chi connectivity index (χ4v) is 4.97. The van der Waals surface area contributed by atoms with Gasteiger partial charge in [0.2, 0.25) is 0 Å². The number of alkyl halides is 3. The van der Waals surface area contributed by atoms with Gasteiger partial charge in [0.1, 0.15) is 6.33 Å². The number of likely N-dealkylation sites (tertiary alicyclic amines) is 1. The second-order valence-electron chi connectivity index (χ2n) is 8.94.